The fourth-order valence-electron chi connectivity index (χ4n) is 5.40. The van der Waals surface area contributed by atoms with Gasteiger partial charge in [0.25, 0.3) is 0 Å². The van der Waals surface area contributed by atoms with Crippen LogP contribution in [0.1, 0.15) is 55.0 Å². The predicted molar refractivity (Wildman–Crippen MR) is 128 cm³/mol. The van der Waals surface area contributed by atoms with Crippen LogP contribution < -0.4 is 0 Å². The first-order valence-corrected chi connectivity index (χ1v) is 11.3. The Labute approximate surface area is 178 Å². The second kappa shape index (κ2) is 7.33. The van der Waals surface area contributed by atoms with E-state index in [2.05, 4.69) is 67.0 Å². The molecule has 1 aromatic heterocycles. The standard InChI is InChI=1S/C28H28N2/c1-5-17-13-18(6-2)27(19(7-3)14-17)20-11-12-24-23(15-20)28-22-10-8-9-21(22)25(29-4)16-26(28)30-24/h11-16,30H,5-10H2,1-3H3. The molecule has 0 unspecified atom stereocenters. The molecule has 2 heteroatoms. The van der Waals surface area contributed by atoms with Crippen LogP contribution >= 0.6 is 0 Å². The van der Waals surface area contributed by atoms with Gasteiger partial charge in [-0.05, 0) is 95.7 Å². The molecular formula is C28H28N2. The van der Waals surface area contributed by atoms with E-state index in [-0.39, 0.29) is 0 Å². The van der Waals surface area contributed by atoms with Crippen LogP contribution in [0.4, 0.5) is 5.69 Å². The van der Waals surface area contributed by atoms with Crippen LogP contribution in [0.2, 0.25) is 0 Å². The van der Waals surface area contributed by atoms with Gasteiger partial charge < -0.3 is 4.98 Å². The highest BCUT2D eigenvalue weighted by atomic mass is 14.7. The maximum Gasteiger partial charge on any atom is 0.192 e. The Bertz CT molecular complexity index is 1310. The molecule has 0 saturated heterocycles. The third kappa shape index (κ3) is 2.76. The largest absolute Gasteiger partial charge is 0.356 e. The third-order valence-electron chi connectivity index (χ3n) is 6.88. The molecule has 0 bridgehead atoms. The summed E-state index contributed by atoms with van der Waals surface area (Å²) in [5.74, 6) is 0. The van der Waals surface area contributed by atoms with E-state index >= 15 is 0 Å². The van der Waals surface area contributed by atoms with E-state index in [0.29, 0.717) is 0 Å². The Morgan fingerprint density at radius 2 is 1.60 bits per heavy atom. The SMILES string of the molecule is [C-]#[N+]c1cc2[nH]c3ccc(-c4c(CC)cc(CC)cc4CC)cc3c2c2c1CCC2. The van der Waals surface area contributed by atoms with Crippen molar-refractivity contribution in [3.8, 4) is 11.1 Å². The summed E-state index contributed by atoms with van der Waals surface area (Å²) in [6, 6.07) is 13.8. The number of nitrogens with zero attached hydrogens (tertiary/aromatic N) is 1. The van der Waals surface area contributed by atoms with Crippen molar-refractivity contribution in [2.75, 3.05) is 0 Å². The van der Waals surface area contributed by atoms with Crippen LogP contribution in [-0.2, 0) is 32.1 Å². The lowest BCUT2D eigenvalue weighted by atomic mass is 9.88. The number of hydrogen-bond acceptors (Lipinski definition) is 0. The molecule has 1 aliphatic carbocycles. The molecule has 0 aliphatic heterocycles. The smallest absolute Gasteiger partial charge is 0.192 e. The van der Waals surface area contributed by atoms with Crippen molar-refractivity contribution in [2.45, 2.75) is 59.3 Å². The highest BCUT2D eigenvalue weighted by Gasteiger charge is 2.21. The number of aromatic amines is 1. The fraction of sp³-hybridized carbons (Fsp3) is 0.321. The number of aryl methyl sites for hydroxylation is 4. The molecule has 150 valence electrons. The summed E-state index contributed by atoms with van der Waals surface area (Å²) in [5.41, 5.74) is 12.9. The molecule has 2 nitrogen and oxygen atoms in total. The first kappa shape index (κ1) is 18.9. The van der Waals surface area contributed by atoms with Crippen molar-refractivity contribution < 1.29 is 0 Å². The molecule has 1 heterocycles. The van der Waals surface area contributed by atoms with E-state index in [0.717, 1.165) is 49.7 Å². The fourth-order valence-corrected chi connectivity index (χ4v) is 5.40. The van der Waals surface area contributed by atoms with Crippen molar-refractivity contribution >= 4 is 27.5 Å². The lowest BCUT2D eigenvalue weighted by molar-refractivity contribution is 0.914. The zero-order chi connectivity index (χ0) is 20.8. The molecule has 5 rings (SSSR count). The molecule has 0 saturated carbocycles. The molecule has 1 N–H and O–H groups in total. The van der Waals surface area contributed by atoms with Crippen LogP contribution in [0.3, 0.4) is 0 Å². The second-order valence-corrected chi connectivity index (χ2v) is 8.48. The van der Waals surface area contributed by atoms with E-state index in [9.17, 15) is 0 Å². The van der Waals surface area contributed by atoms with Crippen molar-refractivity contribution in [2.24, 2.45) is 0 Å². The molecule has 0 spiro atoms. The summed E-state index contributed by atoms with van der Waals surface area (Å²) < 4.78 is 0. The molecule has 0 fully saturated rings. The van der Waals surface area contributed by atoms with E-state index in [1.54, 1.807) is 0 Å². The first-order chi connectivity index (χ1) is 14.7. The van der Waals surface area contributed by atoms with E-state index in [1.807, 2.05) is 0 Å². The number of hydrogen-bond donors (Lipinski definition) is 1. The summed E-state index contributed by atoms with van der Waals surface area (Å²) in [5, 5.41) is 2.65. The monoisotopic (exact) mass is 392 g/mol. The molecule has 0 amide bonds. The van der Waals surface area contributed by atoms with Crippen LogP contribution in [0.5, 0.6) is 0 Å². The summed E-state index contributed by atoms with van der Waals surface area (Å²) >= 11 is 0. The molecule has 3 aromatic carbocycles. The lowest BCUT2D eigenvalue weighted by Gasteiger charge is -2.16. The summed E-state index contributed by atoms with van der Waals surface area (Å²) in [6.07, 6.45) is 6.45. The van der Waals surface area contributed by atoms with Gasteiger partial charge in [-0.2, -0.15) is 0 Å². The number of nitrogens with one attached hydrogen (secondary N) is 1. The van der Waals surface area contributed by atoms with Gasteiger partial charge in [-0.25, -0.2) is 4.85 Å². The Balaban J connectivity index is 1.80. The number of benzene rings is 3. The Morgan fingerprint density at radius 3 is 2.27 bits per heavy atom. The zero-order valence-corrected chi connectivity index (χ0v) is 18.2. The molecule has 1 aliphatic rings. The van der Waals surface area contributed by atoms with E-state index in [1.165, 1.54) is 55.2 Å². The highest BCUT2D eigenvalue weighted by Crippen LogP contribution is 2.42. The topological polar surface area (TPSA) is 20.1 Å². The average Bonchev–Trinajstić information content (AvgIpc) is 3.41. The molecule has 0 radical (unpaired) electrons. The van der Waals surface area contributed by atoms with Gasteiger partial charge >= 0.3 is 0 Å². The molecule has 4 aromatic rings. The van der Waals surface area contributed by atoms with Crippen LogP contribution in [0, 0.1) is 6.57 Å². The summed E-state index contributed by atoms with van der Waals surface area (Å²) in [6.45, 7) is 14.4. The van der Waals surface area contributed by atoms with Gasteiger partial charge in [0, 0.05) is 21.8 Å². The number of rotatable bonds is 4. The normalized spacial score (nSPS) is 13.1. The van der Waals surface area contributed by atoms with Crippen LogP contribution in [0.25, 0.3) is 37.8 Å². The maximum absolute atomic E-state index is 7.60. The quantitative estimate of drug-likeness (QED) is 0.343. The van der Waals surface area contributed by atoms with Crippen LogP contribution in [0.15, 0.2) is 36.4 Å². The van der Waals surface area contributed by atoms with Gasteiger partial charge in [-0.3, -0.25) is 0 Å². The first-order valence-electron chi connectivity index (χ1n) is 11.3. The minimum Gasteiger partial charge on any atom is -0.356 e. The second-order valence-electron chi connectivity index (χ2n) is 8.48. The van der Waals surface area contributed by atoms with Gasteiger partial charge in [0.15, 0.2) is 5.69 Å². The minimum atomic E-state index is 0.832. The highest BCUT2D eigenvalue weighted by molar-refractivity contribution is 6.12. The predicted octanol–water partition coefficient (Wildman–Crippen LogP) is 7.71. The minimum absolute atomic E-state index is 0.832. The van der Waals surface area contributed by atoms with Gasteiger partial charge in [0.2, 0.25) is 0 Å². The van der Waals surface area contributed by atoms with Crippen LogP contribution in [-0.4, -0.2) is 4.98 Å². The number of H-pyrrole nitrogens is 1. The van der Waals surface area contributed by atoms with E-state index in [4.69, 9.17) is 6.57 Å². The van der Waals surface area contributed by atoms with Gasteiger partial charge in [0.05, 0.1) is 6.57 Å². The van der Waals surface area contributed by atoms with Gasteiger partial charge in [-0.15, -0.1) is 0 Å². The summed E-state index contributed by atoms with van der Waals surface area (Å²) in [4.78, 5) is 7.41. The molecule has 0 atom stereocenters. The Kier molecular flexibility index (Phi) is 4.63. The lowest BCUT2D eigenvalue weighted by Crippen LogP contribution is -1.97. The molecule has 30 heavy (non-hydrogen) atoms. The van der Waals surface area contributed by atoms with Crippen molar-refractivity contribution in [3.05, 3.63) is 75.6 Å². The van der Waals surface area contributed by atoms with Crippen molar-refractivity contribution in [3.63, 3.8) is 0 Å². The van der Waals surface area contributed by atoms with Crippen molar-refractivity contribution in [1.82, 2.24) is 4.98 Å². The Morgan fingerprint density at radius 1 is 0.867 bits per heavy atom. The zero-order valence-electron chi connectivity index (χ0n) is 18.2. The Hall–Kier alpha value is -3.05. The maximum atomic E-state index is 7.60. The number of aromatic nitrogens is 1. The van der Waals surface area contributed by atoms with Crippen molar-refractivity contribution in [1.29, 1.82) is 0 Å². The van der Waals surface area contributed by atoms with E-state index < -0.39 is 0 Å². The van der Waals surface area contributed by atoms with Gasteiger partial charge in [0.1, 0.15) is 0 Å². The third-order valence-corrected chi connectivity index (χ3v) is 6.88. The summed E-state index contributed by atoms with van der Waals surface area (Å²) in [7, 11) is 0. The number of fused-ring (bicyclic) bond motifs is 5. The average molecular weight is 393 g/mol. The molecular weight excluding hydrogens is 364 g/mol. The van der Waals surface area contributed by atoms with Gasteiger partial charge in [-0.1, -0.05) is 39.0 Å².